The highest BCUT2D eigenvalue weighted by atomic mass is 31.2. The van der Waals surface area contributed by atoms with Crippen molar-refractivity contribution < 1.29 is 37.1 Å². The number of carbonyl (C=O) groups is 1. The minimum atomic E-state index is -4.83. The molecule has 17 heteroatoms. The fourth-order valence-corrected chi connectivity index (χ4v) is 5.20. The summed E-state index contributed by atoms with van der Waals surface area (Å²) in [6.07, 6.45) is -0.734. The van der Waals surface area contributed by atoms with Crippen LogP contribution in [0.5, 0.6) is 0 Å². The largest absolute Gasteiger partial charge is 0.421 e. The molecule has 0 aliphatic rings. The zero-order chi connectivity index (χ0) is 31.9. The zero-order valence-corrected chi connectivity index (χ0v) is 24.6. The second-order valence-corrected chi connectivity index (χ2v) is 11.2. The molecule has 0 saturated carbocycles. The average molecular weight is 635 g/mol. The van der Waals surface area contributed by atoms with Crippen molar-refractivity contribution in [1.29, 1.82) is 0 Å². The number of aromatic nitrogens is 5. The second kappa shape index (κ2) is 13.9. The number of nitrogens with one attached hydrogen (secondary N) is 3. The van der Waals surface area contributed by atoms with Crippen LogP contribution in [-0.2, 0) is 28.0 Å². The summed E-state index contributed by atoms with van der Waals surface area (Å²) >= 11 is 0. The van der Waals surface area contributed by atoms with Gasteiger partial charge in [-0.3, -0.25) is 14.0 Å². The summed E-state index contributed by atoms with van der Waals surface area (Å²) in [5.41, 5.74) is 0.440. The third-order valence-electron chi connectivity index (χ3n) is 6.08. The summed E-state index contributed by atoms with van der Waals surface area (Å²) < 4.78 is 60.3. The number of anilines is 4. The Bertz CT molecular complexity index is 1650. The van der Waals surface area contributed by atoms with Crippen molar-refractivity contribution in [2.24, 2.45) is 0 Å². The van der Waals surface area contributed by atoms with Crippen LogP contribution in [0.3, 0.4) is 0 Å². The third-order valence-corrected chi connectivity index (χ3v) is 7.51. The van der Waals surface area contributed by atoms with Gasteiger partial charge in [-0.05, 0) is 43.2 Å². The van der Waals surface area contributed by atoms with Crippen LogP contribution in [-0.4, -0.2) is 60.9 Å². The number of amides is 1. The number of aliphatic hydroxyl groups excluding tert-OH is 1. The van der Waals surface area contributed by atoms with E-state index in [0.29, 0.717) is 41.7 Å². The number of nitrogens with zero attached hydrogens (tertiary/aromatic N) is 5. The molecule has 0 aliphatic carbocycles. The Hall–Kier alpha value is -4.37. The van der Waals surface area contributed by atoms with Crippen molar-refractivity contribution in [3.63, 3.8) is 0 Å². The Balaban J connectivity index is 1.62. The van der Waals surface area contributed by atoms with Gasteiger partial charge in [0.1, 0.15) is 11.4 Å². The lowest BCUT2D eigenvalue weighted by atomic mass is 10.1. The van der Waals surface area contributed by atoms with Crippen molar-refractivity contribution in [1.82, 2.24) is 30.0 Å². The predicted octanol–water partition coefficient (Wildman–Crippen LogP) is 4.71. The number of aryl methyl sites for hydroxylation is 1. The normalized spacial score (nSPS) is 12.9. The van der Waals surface area contributed by atoms with Crippen LogP contribution in [0.2, 0.25) is 0 Å². The van der Waals surface area contributed by atoms with Gasteiger partial charge in [-0.1, -0.05) is 12.1 Å². The molecule has 1 amide bonds. The molecule has 13 nitrogen and oxygen atoms in total. The van der Waals surface area contributed by atoms with Crippen LogP contribution < -0.4 is 16.0 Å². The highest BCUT2D eigenvalue weighted by Crippen LogP contribution is 2.45. The van der Waals surface area contributed by atoms with Gasteiger partial charge in [-0.2, -0.15) is 23.3 Å². The van der Waals surface area contributed by atoms with Gasteiger partial charge in [0.2, 0.25) is 5.95 Å². The van der Waals surface area contributed by atoms with Gasteiger partial charge in [-0.15, -0.1) is 0 Å². The first-order valence-electron chi connectivity index (χ1n) is 13.3. The molecular weight excluding hydrogens is 604 g/mol. The maximum atomic E-state index is 13.9. The van der Waals surface area contributed by atoms with E-state index in [4.69, 9.17) is 9.63 Å². The van der Waals surface area contributed by atoms with Gasteiger partial charge in [-0.25, -0.2) is 9.97 Å². The molecule has 1 aromatic carbocycles. The maximum Gasteiger partial charge on any atom is 0.421 e. The van der Waals surface area contributed by atoms with Crippen molar-refractivity contribution >= 4 is 36.6 Å². The molecule has 0 spiro atoms. The Morgan fingerprint density at radius 1 is 1.09 bits per heavy atom. The van der Waals surface area contributed by atoms with Crippen LogP contribution in [0.15, 0.2) is 55.0 Å². The molecule has 1 unspecified atom stereocenters. The molecule has 0 fully saturated rings. The first-order valence-corrected chi connectivity index (χ1v) is 15.1. The van der Waals surface area contributed by atoms with E-state index >= 15 is 0 Å². The average Bonchev–Trinajstić information content (AvgIpc) is 3.45. The van der Waals surface area contributed by atoms with Gasteiger partial charge in [0, 0.05) is 43.8 Å². The lowest BCUT2D eigenvalue weighted by Gasteiger charge is -2.17. The van der Waals surface area contributed by atoms with Crippen LogP contribution >= 0.6 is 7.60 Å². The molecule has 234 valence electrons. The van der Waals surface area contributed by atoms with E-state index in [9.17, 15) is 27.4 Å². The molecule has 44 heavy (non-hydrogen) atoms. The summed E-state index contributed by atoms with van der Waals surface area (Å²) in [5.74, 6) is -1.46. The van der Waals surface area contributed by atoms with Crippen molar-refractivity contribution in [3.8, 4) is 11.3 Å². The minimum Gasteiger partial charge on any atom is -0.396 e. The highest BCUT2D eigenvalue weighted by Gasteiger charge is 2.36. The fourth-order valence-electron chi connectivity index (χ4n) is 4.04. The Labute approximate surface area is 250 Å². The molecule has 0 bridgehead atoms. The lowest BCUT2D eigenvalue weighted by molar-refractivity contribution is -0.137. The van der Waals surface area contributed by atoms with E-state index in [0.717, 1.165) is 0 Å². The van der Waals surface area contributed by atoms with E-state index in [2.05, 4.69) is 36.0 Å². The summed E-state index contributed by atoms with van der Waals surface area (Å²) in [7, 11) is -2.44. The van der Waals surface area contributed by atoms with Gasteiger partial charge in [0.05, 0.1) is 30.3 Å². The highest BCUT2D eigenvalue weighted by molar-refractivity contribution is 7.51. The minimum absolute atomic E-state index is 0.00911. The van der Waals surface area contributed by atoms with Gasteiger partial charge in [0.15, 0.2) is 5.69 Å². The molecular formula is C27H30F3N8O5P. The fraction of sp³-hybridized carbons (Fsp3) is 0.296. The predicted molar refractivity (Wildman–Crippen MR) is 156 cm³/mol. The first-order chi connectivity index (χ1) is 20.9. The van der Waals surface area contributed by atoms with E-state index in [-0.39, 0.29) is 36.7 Å². The van der Waals surface area contributed by atoms with Crippen LogP contribution in [0.1, 0.15) is 35.0 Å². The molecule has 1 atom stereocenters. The number of carbonyl (C=O) groups excluding carboxylic acids is 1. The molecule has 0 saturated heterocycles. The number of rotatable bonds is 13. The third kappa shape index (κ3) is 8.38. The summed E-state index contributed by atoms with van der Waals surface area (Å²) in [4.78, 5) is 34.8. The number of pyridine rings is 1. The van der Waals surface area contributed by atoms with Gasteiger partial charge < -0.3 is 30.5 Å². The molecule has 0 radical (unpaired) electrons. The SMILES string of the molecule is CCOP(=O)(O)Cc1ccc(Nc2ncc(C(F)(F)F)c(Nc3ccc(-c4cnn(CCCO)c4)nc3C(=O)NC)n2)cc1. The molecule has 0 aliphatic heterocycles. The zero-order valence-electron chi connectivity index (χ0n) is 23.7. The van der Waals surface area contributed by atoms with E-state index < -0.39 is 31.1 Å². The molecule has 3 heterocycles. The monoisotopic (exact) mass is 634 g/mol. The van der Waals surface area contributed by atoms with Crippen LogP contribution in [0.4, 0.5) is 36.3 Å². The molecule has 4 aromatic rings. The standard InChI is InChI=1S/C27H30F3N8O5P/c1-3-43-44(41,42)16-17-5-7-19(8-6-17)34-26-32-14-20(27(28,29)30)24(37-26)36-22-10-9-21(35-23(22)25(40)31-2)18-13-33-38(15-18)11-4-12-39/h5-10,13-15,39H,3-4,11-12,16H2,1-2H3,(H,31,40)(H,41,42)(H2,32,34,36,37). The van der Waals surface area contributed by atoms with E-state index in [1.807, 2.05) is 0 Å². The van der Waals surface area contributed by atoms with Crippen molar-refractivity contribution in [2.75, 3.05) is 30.9 Å². The molecule has 3 aromatic heterocycles. The summed E-state index contributed by atoms with van der Waals surface area (Å²) in [6.45, 7) is 2.14. The number of aliphatic hydroxyl groups is 1. The summed E-state index contributed by atoms with van der Waals surface area (Å²) in [5, 5.41) is 21.1. The lowest BCUT2D eigenvalue weighted by Crippen LogP contribution is -2.21. The first kappa shape index (κ1) is 32.5. The molecule has 5 N–H and O–H groups in total. The van der Waals surface area contributed by atoms with Crippen LogP contribution in [0, 0.1) is 0 Å². The smallest absolute Gasteiger partial charge is 0.396 e. The van der Waals surface area contributed by atoms with Gasteiger partial charge in [0.25, 0.3) is 5.91 Å². The topological polar surface area (TPSA) is 176 Å². The number of hydrogen-bond donors (Lipinski definition) is 5. The Kier molecular flexibility index (Phi) is 10.3. The number of benzene rings is 1. The molecule has 4 rings (SSSR count). The van der Waals surface area contributed by atoms with Crippen molar-refractivity contribution in [3.05, 3.63) is 71.8 Å². The van der Waals surface area contributed by atoms with Crippen LogP contribution in [0.25, 0.3) is 11.3 Å². The summed E-state index contributed by atoms with van der Waals surface area (Å²) in [6, 6.07) is 9.16. The number of halogens is 3. The van der Waals surface area contributed by atoms with E-state index in [1.165, 1.54) is 25.4 Å². The second-order valence-electron chi connectivity index (χ2n) is 9.35. The number of alkyl halides is 3. The van der Waals surface area contributed by atoms with E-state index in [1.54, 1.807) is 42.1 Å². The Morgan fingerprint density at radius 2 is 1.84 bits per heavy atom. The van der Waals surface area contributed by atoms with Gasteiger partial charge >= 0.3 is 13.8 Å². The maximum absolute atomic E-state index is 13.9. The van der Waals surface area contributed by atoms with Crippen molar-refractivity contribution in [2.45, 2.75) is 32.2 Å². The quantitative estimate of drug-likeness (QED) is 0.129. The number of hydrogen-bond acceptors (Lipinski definition) is 10. The Morgan fingerprint density at radius 3 is 2.50 bits per heavy atom.